The highest BCUT2D eigenvalue weighted by atomic mass is 32.1. The minimum absolute atomic E-state index is 0.0171. The second-order valence-corrected chi connectivity index (χ2v) is 6.94. The van der Waals surface area contributed by atoms with Crippen molar-refractivity contribution in [3.8, 4) is 17.3 Å². The van der Waals surface area contributed by atoms with Crippen molar-refractivity contribution in [2.24, 2.45) is 4.99 Å². The number of methoxy groups -OCH3 is 2. The first-order valence-electron chi connectivity index (χ1n) is 9.15. The van der Waals surface area contributed by atoms with E-state index >= 15 is 0 Å². The Hall–Kier alpha value is -3.98. The number of aromatic nitrogens is 2. The number of hydrogen-bond acceptors (Lipinski definition) is 7. The van der Waals surface area contributed by atoms with Gasteiger partial charge in [0.2, 0.25) is 5.88 Å². The Morgan fingerprint density at radius 3 is 2.55 bits per heavy atom. The molecule has 0 fully saturated rings. The summed E-state index contributed by atoms with van der Waals surface area (Å²) in [5.74, 6) is -0.399. The normalized spacial score (nSPS) is 13.6. The molecule has 2 aromatic carbocycles. The second-order valence-electron chi connectivity index (χ2n) is 6.56. The van der Waals surface area contributed by atoms with Gasteiger partial charge in [0.05, 0.1) is 25.6 Å². The van der Waals surface area contributed by atoms with Gasteiger partial charge in [-0.05, 0) is 48.6 Å². The molecule has 1 aliphatic heterocycles. The third kappa shape index (κ3) is 3.55. The van der Waals surface area contributed by atoms with Crippen molar-refractivity contribution in [2.45, 2.75) is 0 Å². The fourth-order valence-corrected chi connectivity index (χ4v) is 3.57. The highest BCUT2D eigenvalue weighted by Gasteiger charge is 2.28. The number of ether oxygens (including phenoxy) is 2. The summed E-state index contributed by atoms with van der Waals surface area (Å²) in [6, 6.07) is 13.9. The first kappa shape index (κ1) is 20.3. The number of carbonyl (C=O) groups excluding carboxylic acids is 1. The van der Waals surface area contributed by atoms with Crippen LogP contribution in [0.5, 0.6) is 11.6 Å². The molecule has 0 saturated carbocycles. The lowest BCUT2D eigenvalue weighted by Crippen LogP contribution is -2.18. The molecule has 0 saturated heterocycles. The Balaban J connectivity index is 1.93. The number of esters is 1. The van der Waals surface area contributed by atoms with Crippen molar-refractivity contribution in [2.75, 3.05) is 14.2 Å². The van der Waals surface area contributed by atoms with Crippen LogP contribution in [-0.4, -0.2) is 40.6 Å². The Morgan fingerprint density at radius 2 is 1.87 bits per heavy atom. The average Bonchev–Trinajstić information content (AvgIpc) is 3.15. The van der Waals surface area contributed by atoms with Crippen LogP contribution < -0.4 is 10.3 Å². The van der Waals surface area contributed by atoms with Gasteiger partial charge in [0.1, 0.15) is 11.3 Å². The molecule has 8 nitrogen and oxygen atoms in total. The van der Waals surface area contributed by atoms with Crippen LogP contribution in [0.4, 0.5) is 5.69 Å². The number of aliphatic imine (C=N–C) groups is 1. The van der Waals surface area contributed by atoms with Crippen LogP contribution in [0.15, 0.2) is 58.3 Å². The van der Waals surface area contributed by atoms with Gasteiger partial charge in [-0.3, -0.25) is 14.3 Å². The quantitative estimate of drug-likeness (QED) is 0.481. The van der Waals surface area contributed by atoms with E-state index in [0.717, 1.165) is 0 Å². The van der Waals surface area contributed by atoms with E-state index in [9.17, 15) is 14.7 Å². The van der Waals surface area contributed by atoms with Crippen molar-refractivity contribution in [3.63, 3.8) is 0 Å². The fraction of sp³-hybridized carbons (Fsp3) is 0.0909. The van der Waals surface area contributed by atoms with Gasteiger partial charge in [0, 0.05) is 11.1 Å². The third-order valence-electron chi connectivity index (χ3n) is 4.80. The van der Waals surface area contributed by atoms with Gasteiger partial charge in [-0.15, -0.1) is 0 Å². The fourth-order valence-electron chi connectivity index (χ4n) is 3.29. The maximum absolute atomic E-state index is 12.7. The Morgan fingerprint density at radius 1 is 1.16 bits per heavy atom. The largest absolute Gasteiger partial charge is 0.497 e. The van der Waals surface area contributed by atoms with Gasteiger partial charge in [0.15, 0.2) is 10.5 Å². The molecule has 0 spiro atoms. The Bertz CT molecular complexity index is 1370. The van der Waals surface area contributed by atoms with Crippen LogP contribution in [0.1, 0.15) is 11.1 Å². The number of aromatic amines is 1. The number of hydrogen-bond donors (Lipinski definition) is 2. The molecule has 2 heterocycles. The van der Waals surface area contributed by atoms with Gasteiger partial charge < -0.3 is 14.6 Å². The zero-order valence-corrected chi connectivity index (χ0v) is 17.4. The predicted molar refractivity (Wildman–Crippen MR) is 119 cm³/mol. The number of para-hydroxylation sites is 1. The summed E-state index contributed by atoms with van der Waals surface area (Å²) < 4.78 is 11.3. The van der Waals surface area contributed by atoms with Gasteiger partial charge in [-0.25, -0.2) is 9.79 Å². The zero-order chi connectivity index (χ0) is 22.1. The molecule has 2 N–H and O–H groups in total. The molecule has 0 bridgehead atoms. The van der Waals surface area contributed by atoms with E-state index in [1.54, 1.807) is 55.6 Å². The van der Waals surface area contributed by atoms with E-state index in [0.29, 0.717) is 28.3 Å². The number of nitrogens with one attached hydrogen (secondary N) is 1. The molecule has 0 aliphatic carbocycles. The van der Waals surface area contributed by atoms with Gasteiger partial charge in [-0.1, -0.05) is 18.2 Å². The molecule has 31 heavy (non-hydrogen) atoms. The summed E-state index contributed by atoms with van der Waals surface area (Å²) >= 11 is 5.26. The van der Waals surface area contributed by atoms with E-state index < -0.39 is 11.5 Å². The van der Waals surface area contributed by atoms with E-state index in [1.807, 2.05) is 0 Å². The van der Waals surface area contributed by atoms with Gasteiger partial charge >= 0.3 is 5.97 Å². The summed E-state index contributed by atoms with van der Waals surface area (Å²) in [6.07, 6.45) is 1.41. The lowest BCUT2D eigenvalue weighted by molar-refractivity contribution is -0.132. The number of carbonyl (C=O) groups is 1. The van der Waals surface area contributed by atoms with Crippen molar-refractivity contribution in [1.82, 2.24) is 9.55 Å². The minimum Gasteiger partial charge on any atom is -0.497 e. The maximum atomic E-state index is 12.7. The summed E-state index contributed by atoms with van der Waals surface area (Å²) in [7, 11) is 2.79. The van der Waals surface area contributed by atoms with Crippen LogP contribution in [0.25, 0.3) is 17.3 Å². The molecule has 9 heteroatoms. The highest BCUT2D eigenvalue weighted by Crippen LogP contribution is 2.37. The molecule has 1 aliphatic rings. The van der Waals surface area contributed by atoms with Crippen LogP contribution in [0.2, 0.25) is 0 Å². The Kier molecular flexibility index (Phi) is 5.26. The SMILES string of the molecule is COC(=O)C1=Nc2ccccc2/C1=C\c1c(O)n(-c2ccc(OC)cc2)c(=S)[nH]c1=O. The maximum Gasteiger partial charge on any atom is 0.357 e. The number of benzene rings is 2. The van der Waals surface area contributed by atoms with Crippen LogP contribution >= 0.6 is 12.2 Å². The lowest BCUT2D eigenvalue weighted by Gasteiger charge is -2.12. The number of aromatic hydroxyl groups is 1. The molecular formula is C22H17N3O5S. The van der Waals surface area contributed by atoms with Crippen LogP contribution in [-0.2, 0) is 9.53 Å². The molecule has 0 radical (unpaired) electrons. The molecule has 0 amide bonds. The van der Waals surface area contributed by atoms with Crippen molar-refractivity contribution in [1.29, 1.82) is 0 Å². The summed E-state index contributed by atoms with van der Waals surface area (Å²) in [5.41, 5.74) is 1.45. The molecule has 0 atom stereocenters. The average molecular weight is 435 g/mol. The number of H-pyrrole nitrogens is 1. The second kappa shape index (κ2) is 8.04. The molecule has 0 unspecified atom stereocenters. The lowest BCUT2D eigenvalue weighted by atomic mass is 10.0. The molecule has 1 aromatic heterocycles. The monoisotopic (exact) mass is 435 g/mol. The standard InChI is InChI=1S/C22H17N3O5S/c1-29-13-9-7-12(8-10-13)25-20(27)16(19(26)24-22(25)31)11-15-14-5-3-4-6-17(14)23-18(15)21(28)30-2/h3-11,27H,1-2H3,(H,24,26,31)/b15-11+. The third-order valence-corrected chi connectivity index (χ3v) is 5.09. The highest BCUT2D eigenvalue weighted by molar-refractivity contribution is 7.71. The first-order chi connectivity index (χ1) is 14.9. The molecule has 4 rings (SSSR count). The molecule has 3 aromatic rings. The summed E-state index contributed by atoms with van der Waals surface area (Å²) in [5, 5.41) is 11.0. The Labute approximate surface area is 181 Å². The predicted octanol–water partition coefficient (Wildman–Crippen LogP) is 3.41. The van der Waals surface area contributed by atoms with Crippen molar-refractivity contribution in [3.05, 3.63) is 74.8 Å². The van der Waals surface area contributed by atoms with E-state index in [1.165, 1.54) is 17.8 Å². The first-order valence-corrected chi connectivity index (χ1v) is 9.56. The molecule has 156 valence electrons. The van der Waals surface area contributed by atoms with Gasteiger partial charge in [-0.2, -0.15) is 0 Å². The van der Waals surface area contributed by atoms with Crippen molar-refractivity contribution >= 4 is 41.2 Å². The minimum atomic E-state index is -0.652. The molecular weight excluding hydrogens is 418 g/mol. The van der Waals surface area contributed by atoms with Gasteiger partial charge in [0.25, 0.3) is 5.56 Å². The number of rotatable bonds is 4. The van der Waals surface area contributed by atoms with Crippen molar-refractivity contribution < 1.29 is 19.4 Å². The van der Waals surface area contributed by atoms with E-state index in [4.69, 9.17) is 21.7 Å². The smallest absolute Gasteiger partial charge is 0.357 e. The van der Waals surface area contributed by atoms with E-state index in [-0.39, 0.29) is 21.9 Å². The topological polar surface area (TPSA) is 106 Å². The van der Waals surface area contributed by atoms with E-state index in [2.05, 4.69) is 9.98 Å². The zero-order valence-electron chi connectivity index (χ0n) is 16.6. The summed E-state index contributed by atoms with van der Waals surface area (Å²) in [6.45, 7) is 0. The van der Waals surface area contributed by atoms with Crippen LogP contribution in [0.3, 0.4) is 0 Å². The number of nitrogens with zero attached hydrogens (tertiary/aromatic N) is 2. The number of fused-ring (bicyclic) bond motifs is 1. The van der Waals surface area contributed by atoms with Crippen LogP contribution in [0, 0.1) is 4.77 Å². The summed E-state index contributed by atoms with van der Waals surface area (Å²) in [4.78, 5) is 31.8.